The van der Waals surface area contributed by atoms with Crippen LogP contribution >= 0.6 is 11.6 Å². The van der Waals surface area contributed by atoms with Crippen LogP contribution in [0.4, 0.5) is 0 Å². The lowest BCUT2D eigenvalue weighted by molar-refractivity contribution is 0.0738. The first kappa shape index (κ1) is 12.4. The molecule has 0 aliphatic carbocycles. The van der Waals surface area contributed by atoms with Crippen LogP contribution in [0.5, 0.6) is 0 Å². The summed E-state index contributed by atoms with van der Waals surface area (Å²) in [5.74, 6) is 0.908. The summed E-state index contributed by atoms with van der Waals surface area (Å²) in [5.41, 5.74) is 0.328. The molecule has 6 heteroatoms. The van der Waals surface area contributed by atoms with Gasteiger partial charge in [0.2, 0.25) is 0 Å². The Kier molecular flexibility index (Phi) is 4.02. The SMILES string of the molecule is COCc1cc(C(=O)N2CCCC2CCl)no1. The predicted molar refractivity (Wildman–Crippen MR) is 62.0 cm³/mol. The van der Waals surface area contributed by atoms with Crippen LogP contribution in [0.1, 0.15) is 29.1 Å². The molecule has 1 aromatic heterocycles. The van der Waals surface area contributed by atoms with E-state index in [0.717, 1.165) is 19.4 Å². The Morgan fingerprint density at radius 3 is 3.29 bits per heavy atom. The Hall–Kier alpha value is -1.07. The van der Waals surface area contributed by atoms with Gasteiger partial charge in [-0.1, -0.05) is 5.16 Å². The number of carbonyl (C=O) groups is 1. The van der Waals surface area contributed by atoms with Gasteiger partial charge in [0.15, 0.2) is 11.5 Å². The van der Waals surface area contributed by atoms with Crippen LogP contribution in [0.2, 0.25) is 0 Å². The summed E-state index contributed by atoms with van der Waals surface area (Å²) in [7, 11) is 1.56. The van der Waals surface area contributed by atoms with Crippen LogP contribution < -0.4 is 0 Å². The number of alkyl halides is 1. The van der Waals surface area contributed by atoms with Gasteiger partial charge in [-0.2, -0.15) is 0 Å². The van der Waals surface area contributed by atoms with Crippen molar-refractivity contribution in [3.63, 3.8) is 0 Å². The van der Waals surface area contributed by atoms with Crippen molar-refractivity contribution in [2.45, 2.75) is 25.5 Å². The van der Waals surface area contributed by atoms with E-state index in [9.17, 15) is 4.79 Å². The lowest BCUT2D eigenvalue weighted by Gasteiger charge is -2.21. The van der Waals surface area contributed by atoms with Gasteiger partial charge in [-0.15, -0.1) is 11.6 Å². The van der Waals surface area contributed by atoms with Crippen molar-refractivity contribution in [3.8, 4) is 0 Å². The van der Waals surface area contributed by atoms with E-state index in [-0.39, 0.29) is 11.9 Å². The maximum atomic E-state index is 12.1. The maximum Gasteiger partial charge on any atom is 0.276 e. The zero-order valence-corrected chi connectivity index (χ0v) is 10.4. The summed E-state index contributed by atoms with van der Waals surface area (Å²) >= 11 is 5.83. The van der Waals surface area contributed by atoms with E-state index in [1.54, 1.807) is 18.1 Å². The third-order valence-electron chi connectivity index (χ3n) is 2.88. The molecule has 1 aliphatic heterocycles. The van der Waals surface area contributed by atoms with Crippen LogP contribution in [-0.2, 0) is 11.3 Å². The number of aromatic nitrogens is 1. The molecule has 0 bridgehead atoms. The van der Waals surface area contributed by atoms with Gasteiger partial charge in [0, 0.05) is 31.6 Å². The van der Waals surface area contributed by atoms with Crippen LogP contribution in [-0.4, -0.2) is 41.5 Å². The number of amides is 1. The normalized spacial score (nSPS) is 19.9. The molecule has 1 amide bonds. The molecule has 2 rings (SSSR count). The molecule has 17 heavy (non-hydrogen) atoms. The average molecular weight is 259 g/mol. The molecule has 1 saturated heterocycles. The molecule has 0 spiro atoms. The maximum absolute atomic E-state index is 12.1. The van der Waals surface area contributed by atoms with Gasteiger partial charge in [-0.05, 0) is 12.8 Å². The fourth-order valence-electron chi connectivity index (χ4n) is 2.03. The number of hydrogen-bond donors (Lipinski definition) is 0. The lowest BCUT2D eigenvalue weighted by Crippen LogP contribution is -2.36. The molecule has 0 radical (unpaired) electrons. The van der Waals surface area contributed by atoms with Crippen molar-refractivity contribution in [1.82, 2.24) is 10.1 Å². The van der Waals surface area contributed by atoms with E-state index in [2.05, 4.69) is 5.16 Å². The summed E-state index contributed by atoms with van der Waals surface area (Å²) in [5, 5.41) is 3.76. The largest absolute Gasteiger partial charge is 0.377 e. The van der Waals surface area contributed by atoms with E-state index in [4.69, 9.17) is 20.9 Å². The van der Waals surface area contributed by atoms with Gasteiger partial charge in [-0.3, -0.25) is 4.79 Å². The lowest BCUT2D eigenvalue weighted by atomic mass is 10.2. The minimum absolute atomic E-state index is 0.112. The van der Waals surface area contributed by atoms with Crippen LogP contribution in [0.3, 0.4) is 0 Å². The van der Waals surface area contributed by atoms with Crippen molar-refractivity contribution in [1.29, 1.82) is 0 Å². The Morgan fingerprint density at radius 1 is 1.76 bits per heavy atom. The predicted octanol–water partition coefficient (Wildman–Crippen LogP) is 1.66. The third-order valence-corrected chi connectivity index (χ3v) is 3.24. The summed E-state index contributed by atoms with van der Waals surface area (Å²) in [4.78, 5) is 13.9. The number of hydrogen-bond acceptors (Lipinski definition) is 4. The topological polar surface area (TPSA) is 55.6 Å². The van der Waals surface area contributed by atoms with Gasteiger partial charge >= 0.3 is 0 Å². The van der Waals surface area contributed by atoms with Crippen molar-refractivity contribution < 1.29 is 14.1 Å². The summed E-state index contributed by atoms with van der Waals surface area (Å²) in [6.07, 6.45) is 1.95. The second kappa shape index (κ2) is 5.51. The molecule has 0 N–H and O–H groups in total. The second-order valence-electron chi connectivity index (χ2n) is 4.06. The highest BCUT2D eigenvalue weighted by atomic mass is 35.5. The minimum atomic E-state index is -0.112. The molecule has 2 heterocycles. The van der Waals surface area contributed by atoms with E-state index in [1.165, 1.54) is 0 Å². The number of ether oxygens (including phenoxy) is 1. The van der Waals surface area contributed by atoms with Crippen molar-refractivity contribution >= 4 is 17.5 Å². The summed E-state index contributed by atoms with van der Waals surface area (Å²) < 4.78 is 9.91. The Balaban J connectivity index is 2.07. The zero-order valence-electron chi connectivity index (χ0n) is 9.69. The molecule has 1 atom stereocenters. The number of rotatable bonds is 4. The van der Waals surface area contributed by atoms with E-state index in [1.807, 2.05) is 0 Å². The third kappa shape index (κ3) is 2.61. The Morgan fingerprint density at radius 2 is 2.59 bits per heavy atom. The van der Waals surface area contributed by atoms with E-state index < -0.39 is 0 Å². The molecule has 0 saturated carbocycles. The molecule has 0 aromatic carbocycles. The number of carbonyl (C=O) groups excluding carboxylic acids is 1. The van der Waals surface area contributed by atoms with Crippen LogP contribution in [0, 0.1) is 0 Å². The number of nitrogens with zero attached hydrogens (tertiary/aromatic N) is 2. The Bertz CT molecular complexity index is 394. The zero-order chi connectivity index (χ0) is 12.3. The molecule has 1 fully saturated rings. The standard InChI is InChI=1S/C11H15ClN2O3/c1-16-7-9-5-10(13-17-9)11(15)14-4-2-3-8(14)6-12/h5,8H,2-4,6-7H2,1H3. The quantitative estimate of drug-likeness (QED) is 0.771. The Labute approximate surface area is 105 Å². The summed E-state index contributed by atoms with van der Waals surface area (Å²) in [6, 6.07) is 1.74. The highest BCUT2D eigenvalue weighted by molar-refractivity contribution is 6.18. The molecular formula is C11H15ClN2O3. The van der Waals surface area contributed by atoms with Gasteiger partial charge in [0.05, 0.1) is 0 Å². The average Bonchev–Trinajstić information content (AvgIpc) is 2.96. The highest BCUT2D eigenvalue weighted by Crippen LogP contribution is 2.21. The van der Waals surface area contributed by atoms with Crippen molar-refractivity contribution in [2.75, 3.05) is 19.5 Å². The minimum Gasteiger partial charge on any atom is -0.377 e. The molecule has 1 unspecified atom stereocenters. The van der Waals surface area contributed by atoms with Gasteiger partial charge in [0.25, 0.3) is 5.91 Å². The van der Waals surface area contributed by atoms with Crippen LogP contribution in [0.15, 0.2) is 10.6 Å². The van der Waals surface area contributed by atoms with Crippen molar-refractivity contribution in [3.05, 3.63) is 17.5 Å². The van der Waals surface area contributed by atoms with Gasteiger partial charge in [0.1, 0.15) is 6.61 Å². The van der Waals surface area contributed by atoms with Gasteiger partial charge < -0.3 is 14.2 Å². The van der Waals surface area contributed by atoms with Crippen molar-refractivity contribution in [2.24, 2.45) is 0 Å². The number of methoxy groups -OCH3 is 1. The fourth-order valence-corrected chi connectivity index (χ4v) is 2.36. The van der Waals surface area contributed by atoms with E-state index in [0.29, 0.717) is 23.9 Å². The fraction of sp³-hybridized carbons (Fsp3) is 0.636. The monoisotopic (exact) mass is 258 g/mol. The first-order valence-electron chi connectivity index (χ1n) is 5.57. The van der Waals surface area contributed by atoms with E-state index >= 15 is 0 Å². The van der Waals surface area contributed by atoms with Crippen LogP contribution in [0.25, 0.3) is 0 Å². The molecule has 5 nitrogen and oxygen atoms in total. The molecular weight excluding hydrogens is 244 g/mol. The first-order chi connectivity index (χ1) is 8.26. The molecule has 1 aromatic rings. The summed E-state index contributed by atoms with van der Waals surface area (Å²) in [6.45, 7) is 1.06. The molecule has 1 aliphatic rings. The second-order valence-corrected chi connectivity index (χ2v) is 4.37. The number of likely N-dealkylation sites (tertiary alicyclic amines) is 1. The smallest absolute Gasteiger partial charge is 0.276 e. The highest BCUT2D eigenvalue weighted by Gasteiger charge is 2.30. The first-order valence-corrected chi connectivity index (χ1v) is 6.11. The van der Waals surface area contributed by atoms with Gasteiger partial charge in [-0.25, -0.2) is 0 Å². The molecule has 94 valence electrons. The number of halogens is 1.